The van der Waals surface area contributed by atoms with E-state index in [1.165, 1.54) is 0 Å². The van der Waals surface area contributed by atoms with Gasteiger partial charge in [0.05, 0.1) is 0 Å². The first-order valence-corrected chi connectivity index (χ1v) is 6.92. The summed E-state index contributed by atoms with van der Waals surface area (Å²) < 4.78 is 0. The smallest absolute Gasteiger partial charge is 0.244 e. The first kappa shape index (κ1) is 14.0. The number of carbonyl (C=O) groups is 1. The second-order valence-electron chi connectivity index (χ2n) is 5.19. The molecule has 0 radical (unpaired) electrons. The Balaban J connectivity index is 1.99. The zero-order valence-electron chi connectivity index (χ0n) is 11.2. The van der Waals surface area contributed by atoms with Gasteiger partial charge in [-0.25, -0.2) is 0 Å². The van der Waals surface area contributed by atoms with Gasteiger partial charge in [-0.05, 0) is 30.7 Å². The van der Waals surface area contributed by atoms with E-state index in [1.807, 2.05) is 35.2 Å². The van der Waals surface area contributed by atoms with E-state index in [1.54, 1.807) is 0 Å². The zero-order chi connectivity index (χ0) is 13.7. The van der Waals surface area contributed by atoms with Gasteiger partial charge in [0, 0.05) is 19.7 Å². The summed E-state index contributed by atoms with van der Waals surface area (Å²) in [6.45, 7) is 1.69. The monoisotopic (exact) mass is 262 g/mol. The summed E-state index contributed by atoms with van der Waals surface area (Å²) in [5.74, 6) is 0.402. The van der Waals surface area contributed by atoms with E-state index in [0.717, 1.165) is 37.9 Å². The number of hydrogen-bond donors (Lipinski definition) is 2. The molecule has 1 aliphatic rings. The standard InChI is InChI=1S/C15H22N2O2/c16-14(13-6-2-1-3-7-13)15(19)17-9-4-5-12(11-17)8-10-18/h1-3,6-7,12,14,18H,4-5,8-11,16H2. The first-order chi connectivity index (χ1) is 9.22. The minimum absolute atomic E-state index is 0.00570. The number of carbonyl (C=O) groups excluding carboxylic acids is 1. The van der Waals surface area contributed by atoms with Gasteiger partial charge in [-0.15, -0.1) is 0 Å². The number of amides is 1. The molecule has 1 saturated heterocycles. The van der Waals surface area contributed by atoms with Crippen LogP contribution < -0.4 is 5.73 Å². The Kier molecular flexibility index (Phi) is 4.93. The van der Waals surface area contributed by atoms with Crippen molar-refractivity contribution in [3.63, 3.8) is 0 Å². The number of hydrogen-bond acceptors (Lipinski definition) is 3. The highest BCUT2D eigenvalue weighted by atomic mass is 16.3. The molecule has 1 aromatic carbocycles. The van der Waals surface area contributed by atoms with E-state index >= 15 is 0 Å². The van der Waals surface area contributed by atoms with Crippen molar-refractivity contribution in [1.29, 1.82) is 0 Å². The Morgan fingerprint density at radius 3 is 2.84 bits per heavy atom. The fraction of sp³-hybridized carbons (Fsp3) is 0.533. The van der Waals surface area contributed by atoms with Gasteiger partial charge in [-0.3, -0.25) is 4.79 Å². The number of aliphatic hydroxyl groups is 1. The molecule has 1 heterocycles. The van der Waals surface area contributed by atoms with Crippen LogP contribution in [0, 0.1) is 5.92 Å². The molecule has 0 aliphatic carbocycles. The quantitative estimate of drug-likeness (QED) is 0.859. The minimum atomic E-state index is -0.575. The average Bonchev–Trinajstić information content (AvgIpc) is 2.47. The third-order valence-electron chi connectivity index (χ3n) is 3.79. The third-order valence-corrected chi connectivity index (χ3v) is 3.79. The molecule has 2 rings (SSSR count). The number of nitrogens with two attached hydrogens (primary N) is 1. The van der Waals surface area contributed by atoms with Crippen LogP contribution >= 0.6 is 0 Å². The molecular formula is C15H22N2O2. The van der Waals surface area contributed by atoms with E-state index < -0.39 is 6.04 Å². The molecular weight excluding hydrogens is 240 g/mol. The molecule has 19 heavy (non-hydrogen) atoms. The largest absolute Gasteiger partial charge is 0.396 e. The normalized spacial score (nSPS) is 21.2. The zero-order valence-corrected chi connectivity index (χ0v) is 11.2. The Morgan fingerprint density at radius 2 is 2.16 bits per heavy atom. The Morgan fingerprint density at radius 1 is 1.42 bits per heavy atom. The molecule has 4 heteroatoms. The van der Waals surface area contributed by atoms with E-state index in [9.17, 15) is 4.79 Å². The number of benzene rings is 1. The maximum absolute atomic E-state index is 12.4. The molecule has 1 fully saturated rings. The molecule has 0 bridgehead atoms. The summed E-state index contributed by atoms with van der Waals surface area (Å²) in [4.78, 5) is 14.2. The summed E-state index contributed by atoms with van der Waals surface area (Å²) in [6.07, 6.45) is 2.85. The van der Waals surface area contributed by atoms with Gasteiger partial charge < -0.3 is 15.7 Å². The minimum Gasteiger partial charge on any atom is -0.396 e. The van der Waals surface area contributed by atoms with E-state index in [-0.39, 0.29) is 12.5 Å². The molecule has 1 aromatic rings. The highest BCUT2D eigenvalue weighted by Crippen LogP contribution is 2.22. The third kappa shape index (κ3) is 3.55. The van der Waals surface area contributed by atoms with Gasteiger partial charge in [0.2, 0.25) is 5.91 Å². The van der Waals surface area contributed by atoms with Crippen LogP contribution in [-0.2, 0) is 4.79 Å². The van der Waals surface area contributed by atoms with E-state index in [0.29, 0.717) is 5.92 Å². The summed E-state index contributed by atoms with van der Waals surface area (Å²) in [5.41, 5.74) is 6.91. The number of aliphatic hydroxyl groups excluding tert-OH is 1. The molecule has 0 saturated carbocycles. The fourth-order valence-corrected chi connectivity index (χ4v) is 2.68. The van der Waals surface area contributed by atoms with Crippen LogP contribution in [0.4, 0.5) is 0 Å². The van der Waals surface area contributed by atoms with Gasteiger partial charge in [0.1, 0.15) is 6.04 Å². The van der Waals surface area contributed by atoms with Crippen LogP contribution in [0.1, 0.15) is 30.9 Å². The van der Waals surface area contributed by atoms with Crippen molar-refractivity contribution in [1.82, 2.24) is 4.90 Å². The highest BCUT2D eigenvalue weighted by Gasteiger charge is 2.27. The Bertz CT molecular complexity index is 406. The van der Waals surface area contributed by atoms with Gasteiger partial charge in [0.15, 0.2) is 0 Å². The predicted octanol–water partition coefficient (Wildman–Crippen LogP) is 1.31. The van der Waals surface area contributed by atoms with Crippen molar-refractivity contribution in [2.24, 2.45) is 11.7 Å². The van der Waals surface area contributed by atoms with Gasteiger partial charge >= 0.3 is 0 Å². The average molecular weight is 262 g/mol. The van der Waals surface area contributed by atoms with E-state index in [2.05, 4.69) is 0 Å². The predicted molar refractivity (Wildman–Crippen MR) is 74.4 cm³/mol. The topological polar surface area (TPSA) is 66.6 Å². The molecule has 2 atom stereocenters. The van der Waals surface area contributed by atoms with Crippen molar-refractivity contribution in [3.05, 3.63) is 35.9 Å². The number of rotatable bonds is 4. The second kappa shape index (κ2) is 6.68. The molecule has 2 unspecified atom stereocenters. The number of piperidine rings is 1. The lowest BCUT2D eigenvalue weighted by atomic mass is 9.94. The maximum atomic E-state index is 12.4. The molecule has 4 nitrogen and oxygen atoms in total. The van der Waals surface area contributed by atoms with Crippen LogP contribution in [0.5, 0.6) is 0 Å². The molecule has 0 spiro atoms. The summed E-state index contributed by atoms with van der Waals surface area (Å²) in [7, 11) is 0. The van der Waals surface area contributed by atoms with Crippen molar-refractivity contribution in [3.8, 4) is 0 Å². The van der Waals surface area contributed by atoms with Crippen LogP contribution in [-0.4, -0.2) is 35.6 Å². The molecule has 1 aliphatic heterocycles. The molecule has 104 valence electrons. The maximum Gasteiger partial charge on any atom is 0.244 e. The van der Waals surface area contributed by atoms with Crippen LogP contribution in [0.15, 0.2) is 30.3 Å². The number of likely N-dealkylation sites (tertiary alicyclic amines) is 1. The second-order valence-corrected chi connectivity index (χ2v) is 5.19. The van der Waals surface area contributed by atoms with Gasteiger partial charge in [-0.1, -0.05) is 30.3 Å². The van der Waals surface area contributed by atoms with Crippen molar-refractivity contribution >= 4 is 5.91 Å². The van der Waals surface area contributed by atoms with Crippen LogP contribution in [0.3, 0.4) is 0 Å². The summed E-state index contributed by atoms with van der Waals surface area (Å²) >= 11 is 0. The highest BCUT2D eigenvalue weighted by molar-refractivity contribution is 5.83. The van der Waals surface area contributed by atoms with Gasteiger partial charge in [0.25, 0.3) is 0 Å². The molecule has 1 amide bonds. The van der Waals surface area contributed by atoms with Gasteiger partial charge in [-0.2, -0.15) is 0 Å². The number of nitrogens with zero attached hydrogens (tertiary/aromatic N) is 1. The van der Waals surface area contributed by atoms with Crippen molar-refractivity contribution < 1.29 is 9.90 Å². The molecule has 3 N–H and O–H groups in total. The fourth-order valence-electron chi connectivity index (χ4n) is 2.68. The Labute approximate surface area is 114 Å². The lowest BCUT2D eigenvalue weighted by Crippen LogP contribution is -2.44. The molecule has 0 aromatic heterocycles. The lowest BCUT2D eigenvalue weighted by Gasteiger charge is -2.34. The summed E-state index contributed by atoms with van der Waals surface area (Å²) in [5, 5.41) is 9.00. The van der Waals surface area contributed by atoms with Crippen molar-refractivity contribution in [2.45, 2.75) is 25.3 Å². The SMILES string of the molecule is NC(C(=O)N1CCCC(CCO)C1)c1ccccc1. The van der Waals surface area contributed by atoms with E-state index in [4.69, 9.17) is 10.8 Å². The van der Waals surface area contributed by atoms with Crippen LogP contribution in [0.25, 0.3) is 0 Å². The first-order valence-electron chi connectivity index (χ1n) is 6.92. The van der Waals surface area contributed by atoms with Crippen molar-refractivity contribution in [2.75, 3.05) is 19.7 Å². The Hall–Kier alpha value is -1.39. The lowest BCUT2D eigenvalue weighted by molar-refractivity contribution is -0.134. The van der Waals surface area contributed by atoms with Crippen LogP contribution in [0.2, 0.25) is 0 Å². The summed E-state index contributed by atoms with van der Waals surface area (Å²) in [6, 6.07) is 8.91.